The van der Waals surface area contributed by atoms with Crippen molar-refractivity contribution in [2.24, 2.45) is 5.10 Å². The smallest absolute Gasteiger partial charge is 0.355 e. The van der Waals surface area contributed by atoms with Crippen LogP contribution in [0.5, 0.6) is 11.5 Å². The van der Waals surface area contributed by atoms with Crippen LogP contribution in [-0.4, -0.2) is 30.6 Å². The average molecular weight is 802 g/mol. The van der Waals surface area contributed by atoms with Crippen LogP contribution in [-0.2, 0) is 0 Å². The van der Waals surface area contributed by atoms with Crippen LogP contribution < -0.4 is 20.2 Å². The Morgan fingerprint density at radius 3 is 2.25 bits per heavy atom. The molecule has 4 aromatic carbocycles. The van der Waals surface area contributed by atoms with E-state index in [1.54, 1.807) is 67.6 Å². The summed E-state index contributed by atoms with van der Waals surface area (Å²) in [6, 6.07) is 22.0. The van der Waals surface area contributed by atoms with Crippen molar-refractivity contribution in [2.45, 2.75) is 6.92 Å². The van der Waals surface area contributed by atoms with Crippen LogP contribution in [0.25, 0.3) is 20.2 Å². The Kier molecular flexibility index (Phi) is 10.4. The highest BCUT2D eigenvalue weighted by molar-refractivity contribution is 9.10. The van der Waals surface area contributed by atoms with E-state index in [1.807, 2.05) is 18.2 Å². The number of hydrazone groups is 1. The van der Waals surface area contributed by atoms with Gasteiger partial charge >= 0.3 is 5.97 Å². The van der Waals surface area contributed by atoms with Gasteiger partial charge in [0.25, 0.3) is 11.8 Å². The fraction of sp³-hybridized carbons (Fsp3) is 0.0588. The molecule has 8 nitrogen and oxygen atoms in total. The molecular weight excluding hydrogens is 781 g/mol. The van der Waals surface area contributed by atoms with Crippen molar-refractivity contribution >= 4 is 123 Å². The summed E-state index contributed by atoms with van der Waals surface area (Å²) in [7, 11) is 0. The van der Waals surface area contributed by atoms with Gasteiger partial charge in [-0.15, -0.1) is 22.7 Å². The lowest BCUT2D eigenvalue weighted by atomic mass is 10.2. The molecular formula is C34H21BrCl3N3O5S2. The molecule has 0 radical (unpaired) electrons. The number of fused-ring (bicyclic) bond motifs is 2. The summed E-state index contributed by atoms with van der Waals surface area (Å²) in [5, 5.41) is 9.59. The minimum atomic E-state index is -0.605. The Morgan fingerprint density at radius 2 is 1.50 bits per heavy atom. The van der Waals surface area contributed by atoms with E-state index < -0.39 is 11.9 Å². The van der Waals surface area contributed by atoms with Crippen molar-refractivity contribution in [1.29, 1.82) is 0 Å². The average Bonchev–Trinajstić information content (AvgIpc) is 3.57. The van der Waals surface area contributed by atoms with Crippen LogP contribution >= 0.6 is 73.4 Å². The van der Waals surface area contributed by atoms with Gasteiger partial charge in [-0.1, -0.05) is 62.9 Å². The Hall–Kier alpha value is -3.97. The molecule has 6 aromatic rings. The van der Waals surface area contributed by atoms with E-state index in [0.29, 0.717) is 49.1 Å². The van der Waals surface area contributed by atoms with Gasteiger partial charge in [-0.2, -0.15) is 5.10 Å². The van der Waals surface area contributed by atoms with E-state index in [9.17, 15) is 14.4 Å². The van der Waals surface area contributed by atoms with Gasteiger partial charge in [0.05, 0.1) is 22.9 Å². The van der Waals surface area contributed by atoms with Crippen LogP contribution in [0.2, 0.25) is 15.1 Å². The molecule has 242 valence electrons. The summed E-state index contributed by atoms with van der Waals surface area (Å²) in [4.78, 5) is 39.3. The molecule has 6 rings (SSSR count). The Labute approximate surface area is 305 Å². The lowest BCUT2D eigenvalue weighted by Crippen LogP contribution is -2.17. The first-order chi connectivity index (χ1) is 23.1. The van der Waals surface area contributed by atoms with Crippen molar-refractivity contribution in [3.8, 4) is 11.5 Å². The highest BCUT2D eigenvalue weighted by atomic mass is 79.9. The Balaban J connectivity index is 1.08. The molecule has 0 atom stereocenters. The number of esters is 1. The lowest BCUT2D eigenvalue weighted by Gasteiger charge is -2.11. The number of nitrogens with one attached hydrogen (secondary N) is 2. The molecule has 0 spiro atoms. The lowest BCUT2D eigenvalue weighted by molar-refractivity contribution is 0.0733. The first kappa shape index (κ1) is 33.9. The molecule has 0 aliphatic heterocycles. The molecule has 14 heteroatoms. The number of anilines is 1. The molecule has 2 amide bonds. The van der Waals surface area contributed by atoms with Gasteiger partial charge in [0.15, 0.2) is 11.5 Å². The van der Waals surface area contributed by atoms with Gasteiger partial charge < -0.3 is 14.8 Å². The molecule has 0 fully saturated rings. The molecule has 0 saturated carbocycles. The number of rotatable bonds is 9. The minimum absolute atomic E-state index is 0.212. The van der Waals surface area contributed by atoms with Crippen molar-refractivity contribution < 1.29 is 23.9 Å². The van der Waals surface area contributed by atoms with Gasteiger partial charge in [-0.05, 0) is 79.2 Å². The summed E-state index contributed by atoms with van der Waals surface area (Å²) in [6.07, 6.45) is 1.43. The second-order valence-corrected chi connectivity index (χ2v) is 14.2. The molecule has 2 heterocycles. The van der Waals surface area contributed by atoms with Gasteiger partial charge in [0.1, 0.15) is 9.75 Å². The fourth-order valence-corrected chi connectivity index (χ4v) is 8.21. The molecule has 0 aliphatic carbocycles. The molecule has 2 aromatic heterocycles. The third-order valence-electron chi connectivity index (χ3n) is 6.83. The maximum absolute atomic E-state index is 13.0. The van der Waals surface area contributed by atoms with E-state index in [1.165, 1.54) is 28.9 Å². The highest BCUT2D eigenvalue weighted by Gasteiger charge is 2.21. The van der Waals surface area contributed by atoms with E-state index in [4.69, 9.17) is 44.3 Å². The molecule has 0 aliphatic rings. The second-order valence-electron chi connectivity index (χ2n) is 10.0. The summed E-state index contributed by atoms with van der Waals surface area (Å²) < 4.78 is 13.9. The standard InChI is InChI=1S/C34H21BrCl3N3O5S2/c1-2-45-25-13-17(3-12-24(25)46-34(44)31-29(38)22-10-6-19(35)14-26(22)48-31)16-39-41-32(42)18-4-8-21(9-5-18)40-33(43)30-28(37)23-11-7-20(36)15-27(23)47-30/h3-16H,2H2,1H3,(H,40,43)(H,41,42)/b39-16-. The first-order valence-corrected chi connectivity index (χ1v) is 17.7. The van der Waals surface area contributed by atoms with E-state index in [0.717, 1.165) is 24.6 Å². The zero-order valence-electron chi connectivity index (χ0n) is 24.6. The normalized spacial score (nSPS) is 11.3. The monoisotopic (exact) mass is 799 g/mol. The summed E-state index contributed by atoms with van der Waals surface area (Å²) in [5.41, 5.74) is 3.87. The molecule has 48 heavy (non-hydrogen) atoms. The largest absolute Gasteiger partial charge is 0.490 e. The van der Waals surface area contributed by atoms with E-state index in [-0.39, 0.29) is 16.5 Å². The molecule has 0 unspecified atom stereocenters. The zero-order valence-corrected chi connectivity index (χ0v) is 30.1. The molecule has 0 saturated heterocycles. The van der Waals surface area contributed by atoms with E-state index >= 15 is 0 Å². The summed E-state index contributed by atoms with van der Waals surface area (Å²) >= 11 is 24.9. The number of carbonyl (C=O) groups excluding carboxylic acids is 3. The van der Waals surface area contributed by atoms with E-state index in [2.05, 4.69) is 31.8 Å². The SMILES string of the molecule is CCOc1cc(/C=N\NC(=O)c2ccc(NC(=O)c3sc4cc(Cl)ccc4c3Cl)cc2)ccc1OC(=O)c1sc2cc(Br)ccc2c1Cl. The Bertz CT molecular complexity index is 2250. The number of carbonyl (C=O) groups is 3. The van der Waals surface area contributed by atoms with Crippen molar-refractivity contribution in [2.75, 3.05) is 11.9 Å². The third-order valence-corrected chi connectivity index (χ3v) is 10.9. The predicted molar refractivity (Wildman–Crippen MR) is 198 cm³/mol. The number of hydrogen-bond donors (Lipinski definition) is 2. The van der Waals surface area contributed by atoms with Crippen LogP contribution in [0.15, 0.2) is 88.4 Å². The van der Waals surface area contributed by atoms with Crippen LogP contribution in [0, 0.1) is 0 Å². The maximum Gasteiger partial charge on any atom is 0.355 e. The van der Waals surface area contributed by atoms with Gasteiger partial charge in [-0.3, -0.25) is 9.59 Å². The van der Waals surface area contributed by atoms with Crippen molar-refractivity contribution in [1.82, 2.24) is 5.43 Å². The fourth-order valence-electron chi connectivity index (χ4n) is 4.58. The van der Waals surface area contributed by atoms with Gasteiger partial charge in [0, 0.05) is 40.9 Å². The van der Waals surface area contributed by atoms with Gasteiger partial charge in [-0.25, -0.2) is 10.2 Å². The highest BCUT2D eigenvalue weighted by Crippen LogP contribution is 2.39. The number of thiophene rings is 2. The number of ether oxygens (including phenoxy) is 2. The molecule has 0 bridgehead atoms. The summed E-state index contributed by atoms with van der Waals surface area (Å²) in [6.45, 7) is 2.13. The van der Waals surface area contributed by atoms with Crippen molar-refractivity contribution in [3.63, 3.8) is 0 Å². The number of amides is 2. The number of halogens is 4. The van der Waals surface area contributed by atoms with Crippen molar-refractivity contribution in [3.05, 3.63) is 119 Å². The minimum Gasteiger partial charge on any atom is -0.490 e. The summed E-state index contributed by atoms with van der Waals surface area (Å²) in [5.74, 6) is -0.907. The zero-order chi connectivity index (χ0) is 33.9. The Morgan fingerprint density at radius 1 is 0.812 bits per heavy atom. The number of hydrogen-bond acceptors (Lipinski definition) is 8. The first-order valence-electron chi connectivity index (χ1n) is 14.1. The maximum atomic E-state index is 13.0. The molecule has 2 N–H and O–H groups in total. The third kappa shape index (κ3) is 7.36. The second kappa shape index (κ2) is 14.7. The van der Waals surface area contributed by atoms with Crippen LogP contribution in [0.3, 0.4) is 0 Å². The van der Waals surface area contributed by atoms with Gasteiger partial charge in [0.2, 0.25) is 0 Å². The number of nitrogens with zero attached hydrogens (tertiary/aromatic N) is 1. The number of benzene rings is 4. The quantitative estimate of drug-likeness (QED) is 0.0655. The van der Waals surface area contributed by atoms with Crippen LogP contribution in [0.4, 0.5) is 5.69 Å². The van der Waals surface area contributed by atoms with Crippen LogP contribution in [0.1, 0.15) is 42.2 Å². The topological polar surface area (TPSA) is 106 Å². The predicted octanol–water partition coefficient (Wildman–Crippen LogP) is 10.5.